The molecule has 0 aliphatic rings. The number of halogens is 1. The Kier molecular flexibility index (Phi) is 6.03. The maximum Gasteiger partial charge on any atom is 0.138 e. The third-order valence-corrected chi connectivity index (χ3v) is 3.47. The van der Waals surface area contributed by atoms with E-state index in [1.54, 1.807) is 6.20 Å². The van der Waals surface area contributed by atoms with Crippen molar-refractivity contribution in [1.29, 1.82) is 0 Å². The molecule has 0 saturated heterocycles. The number of benzene rings is 1. The van der Waals surface area contributed by atoms with Gasteiger partial charge in [-0.15, -0.1) is 0 Å². The van der Waals surface area contributed by atoms with Crippen LogP contribution in [0.2, 0.25) is 5.02 Å². The van der Waals surface area contributed by atoms with Crippen molar-refractivity contribution in [3.8, 4) is 5.75 Å². The number of pyridine rings is 1. The standard InChI is InChI=1S/C17H21ClN2O/c1-3-10-19-13(2)17-9-8-16(11-20-17)21-12-14-4-6-15(18)7-5-14/h4-9,11,13,19H,3,10,12H2,1-2H3. The summed E-state index contributed by atoms with van der Waals surface area (Å²) < 4.78 is 5.72. The van der Waals surface area contributed by atoms with Crippen molar-refractivity contribution in [3.05, 3.63) is 58.9 Å². The number of nitrogens with one attached hydrogen (secondary N) is 1. The average Bonchev–Trinajstić information content (AvgIpc) is 2.52. The minimum atomic E-state index is 0.260. The van der Waals surface area contributed by atoms with Gasteiger partial charge in [0.2, 0.25) is 0 Å². The Morgan fingerprint density at radius 2 is 1.95 bits per heavy atom. The molecule has 0 radical (unpaired) electrons. The van der Waals surface area contributed by atoms with Crippen LogP contribution in [0.5, 0.6) is 5.75 Å². The van der Waals surface area contributed by atoms with Crippen LogP contribution in [0.15, 0.2) is 42.6 Å². The molecule has 0 amide bonds. The van der Waals surface area contributed by atoms with Gasteiger partial charge in [0.05, 0.1) is 11.9 Å². The van der Waals surface area contributed by atoms with Gasteiger partial charge in [0.1, 0.15) is 12.4 Å². The average molecular weight is 305 g/mol. The van der Waals surface area contributed by atoms with E-state index in [0.717, 1.165) is 35.0 Å². The molecule has 0 fully saturated rings. The Labute approximate surface area is 131 Å². The number of rotatable bonds is 7. The molecule has 3 nitrogen and oxygen atoms in total. The molecule has 1 heterocycles. The SMILES string of the molecule is CCCNC(C)c1ccc(OCc2ccc(Cl)cc2)cn1. The third-order valence-electron chi connectivity index (χ3n) is 3.22. The second-order valence-corrected chi connectivity index (χ2v) is 5.45. The molecular formula is C17H21ClN2O. The monoisotopic (exact) mass is 304 g/mol. The fourth-order valence-corrected chi connectivity index (χ4v) is 2.07. The van der Waals surface area contributed by atoms with E-state index in [1.807, 2.05) is 36.4 Å². The predicted octanol–water partition coefficient (Wildman–Crippen LogP) is 4.37. The van der Waals surface area contributed by atoms with Crippen LogP contribution >= 0.6 is 11.6 Å². The Morgan fingerprint density at radius 3 is 2.57 bits per heavy atom. The van der Waals surface area contributed by atoms with Crippen LogP contribution in [0.3, 0.4) is 0 Å². The van der Waals surface area contributed by atoms with E-state index >= 15 is 0 Å². The summed E-state index contributed by atoms with van der Waals surface area (Å²) in [6.07, 6.45) is 2.89. The molecule has 112 valence electrons. The van der Waals surface area contributed by atoms with E-state index in [1.165, 1.54) is 0 Å². The lowest BCUT2D eigenvalue weighted by atomic mass is 10.2. The molecule has 0 aliphatic heterocycles. The number of ether oxygens (including phenoxy) is 1. The minimum absolute atomic E-state index is 0.260. The lowest BCUT2D eigenvalue weighted by Gasteiger charge is -2.13. The fraction of sp³-hybridized carbons (Fsp3) is 0.353. The summed E-state index contributed by atoms with van der Waals surface area (Å²) in [5.41, 5.74) is 2.11. The smallest absolute Gasteiger partial charge is 0.138 e. The van der Waals surface area contributed by atoms with Crippen molar-refractivity contribution in [2.45, 2.75) is 32.9 Å². The first-order chi connectivity index (χ1) is 10.2. The van der Waals surface area contributed by atoms with Crippen molar-refractivity contribution in [2.75, 3.05) is 6.54 Å². The van der Waals surface area contributed by atoms with Gasteiger partial charge in [0.25, 0.3) is 0 Å². The largest absolute Gasteiger partial charge is 0.487 e. The number of nitrogens with zero attached hydrogens (tertiary/aromatic N) is 1. The quantitative estimate of drug-likeness (QED) is 0.824. The summed E-state index contributed by atoms with van der Waals surface area (Å²) in [7, 11) is 0. The molecule has 21 heavy (non-hydrogen) atoms. The van der Waals surface area contributed by atoms with Gasteiger partial charge in [0.15, 0.2) is 0 Å². The van der Waals surface area contributed by atoms with Crippen LogP contribution in [0.4, 0.5) is 0 Å². The Hall–Kier alpha value is -1.58. The second kappa shape index (κ2) is 8.01. The minimum Gasteiger partial charge on any atom is -0.487 e. The van der Waals surface area contributed by atoms with Crippen LogP contribution < -0.4 is 10.1 Å². The van der Waals surface area contributed by atoms with Crippen LogP contribution in [0, 0.1) is 0 Å². The summed E-state index contributed by atoms with van der Waals surface area (Å²) in [5.74, 6) is 0.774. The highest BCUT2D eigenvalue weighted by Gasteiger charge is 2.05. The van der Waals surface area contributed by atoms with Crippen LogP contribution in [-0.4, -0.2) is 11.5 Å². The van der Waals surface area contributed by atoms with Gasteiger partial charge in [-0.2, -0.15) is 0 Å². The summed E-state index contributed by atoms with van der Waals surface area (Å²) in [4.78, 5) is 4.45. The van der Waals surface area contributed by atoms with Crippen molar-refractivity contribution in [1.82, 2.24) is 10.3 Å². The van der Waals surface area contributed by atoms with Crippen molar-refractivity contribution < 1.29 is 4.74 Å². The maximum absolute atomic E-state index is 5.86. The highest BCUT2D eigenvalue weighted by atomic mass is 35.5. The van der Waals surface area contributed by atoms with Gasteiger partial charge >= 0.3 is 0 Å². The van der Waals surface area contributed by atoms with E-state index in [-0.39, 0.29) is 6.04 Å². The molecule has 2 aromatic rings. The topological polar surface area (TPSA) is 34.1 Å². The summed E-state index contributed by atoms with van der Waals surface area (Å²) in [6, 6.07) is 11.9. The van der Waals surface area contributed by atoms with Gasteiger partial charge in [-0.05, 0) is 49.7 Å². The molecule has 1 atom stereocenters. The lowest BCUT2D eigenvalue weighted by molar-refractivity contribution is 0.304. The van der Waals surface area contributed by atoms with Crippen molar-refractivity contribution in [2.24, 2.45) is 0 Å². The van der Waals surface area contributed by atoms with Gasteiger partial charge in [0, 0.05) is 11.1 Å². The summed E-state index contributed by atoms with van der Waals surface area (Å²) >= 11 is 5.86. The second-order valence-electron chi connectivity index (χ2n) is 5.01. The number of hydrogen-bond donors (Lipinski definition) is 1. The van der Waals surface area contributed by atoms with Gasteiger partial charge < -0.3 is 10.1 Å². The molecule has 0 spiro atoms. The lowest BCUT2D eigenvalue weighted by Crippen LogP contribution is -2.20. The molecule has 2 rings (SSSR count). The third kappa shape index (κ3) is 5.03. The maximum atomic E-state index is 5.86. The molecule has 1 unspecified atom stereocenters. The molecule has 0 saturated carbocycles. The highest BCUT2D eigenvalue weighted by Crippen LogP contribution is 2.16. The number of aromatic nitrogens is 1. The zero-order valence-electron chi connectivity index (χ0n) is 12.5. The summed E-state index contributed by atoms with van der Waals surface area (Å²) in [5, 5.41) is 4.15. The van der Waals surface area contributed by atoms with Gasteiger partial charge in [-0.3, -0.25) is 4.98 Å². The Morgan fingerprint density at radius 1 is 1.19 bits per heavy atom. The molecule has 1 aromatic heterocycles. The first-order valence-corrected chi connectivity index (χ1v) is 7.63. The zero-order chi connectivity index (χ0) is 15.1. The van der Waals surface area contributed by atoms with Crippen LogP contribution in [-0.2, 0) is 6.61 Å². The van der Waals surface area contributed by atoms with E-state index in [2.05, 4.69) is 24.1 Å². The molecule has 0 aliphatic carbocycles. The van der Waals surface area contributed by atoms with Crippen molar-refractivity contribution in [3.63, 3.8) is 0 Å². The molecule has 0 bridgehead atoms. The van der Waals surface area contributed by atoms with Crippen LogP contribution in [0.1, 0.15) is 37.6 Å². The Balaban J connectivity index is 1.88. The normalized spacial score (nSPS) is 12.1. The predicted molar refractivity (Wildman–Crippen MR) is 86.7 cm³/mol. The van der Waals surface area contributed by atoms with E-state index < -0.39 is 0 Å². The van der Waals surface area contributed by atoms with E-state index in [4.69, 9.17) is 16.3 Å². The number of hydrogen-bond acceptors (Lipinski definition) is 3. The van der Waals surface area contributed by atoms with E-state index in [0.29, 0.717) is 6.61 Å². The summed E-state index contributed by atoms with van der Waals surface area (Å²) in [6.45, 7) is 5.78. The highest BCUT2D eigenvalue weighted by molar-refractivity contribution is 6.30. The molecule has 1 aromatic carbocycles. The van der Waals surface area contributed by atoms with Gasteiger partial charge in [-0.25, -0.2) is 0 Å². The zero-order valence-corrected chi connectivity index (χ0v) is 13.2. The molecule has 1 N–H and O–H groups in total. The van der Waals surface area contributed by atoms with Crippen LogP contribution in [0.25, 0.3) is 0 Å². The van der Waals surface area contributed by atoms with E-state index in [9.17, 15) is 0 Å². The molecule has 4 heteroatoms. The fourth-order valence-electron chi connectivity index (χ4n) is 1.95. The first-order valence-electron chi connectivity index (χ1n) is 7.25. The first kappa shape index (κ1) is 15.8. The van der Waals surface area contributed by atoms with Crippen molar-refractivity contribution >= 4 is 11.6 Å². The molecular weight excluding hydrogens is 284 g/mol. The Bertz CT molecular complexity index is 540. The van der Waals surface area contributed by atoms with Gasteiger partial charge in [-0.1, -0.05) is 30.7 Å².